The minimum atomic E-state index is -4.37. The smallest absolute Gasteiger partial charge is 0.349 e. The van der Waals surface area contributed by atoms with Gasteiger partial charge in [-0.2, -0.15) is 13.2 Å². The normalized spacial score (nSPS) is 15.4. The third kappa shape index (κ3) is 3.77. The number of benzene rings is 1. The number of pyridine rings is 1. The van der Waals surface area contributed by atoms with Crippen LogP contribution < -0.4 is 0 Å². The Balaban J connectivity index is 1.31. The molecule has 32 heavy (non-hydrogen) atoms. The van der Waals surface area contributed by atoms with E-state index < -0.39 is 11.7 Å². The number of carbonyl (C=O) groups excluding carboxylic acids is 1. The molecular weight excluding hydrogens is 417 g/mol. The van der Waals surface area contributed by atoms with Crippen LogP contribution in [0.25, 0.3) is 16.9 Å². The van der Waals surface area contributed by atoms with E-state index in [0.29, 0.717) is 42.7 Å². The lowest BCUT2D eigenvalue weighted by Crippen LogP contribution is -2.38. The van der Waals surface area contributed by atoms with Gasteiger partial charge >= 0.3 is 6.18 Å². The van der Waals surface area contributed by atoms with Gasteiger partial charge in [0.2, 0.25) is 0 Å². The molecule has 0 saturated carbocycles. The van der Waals surface area contributed by atoms with Crippen molar-refractivity contribution in [3.63, 3.8) is 0 Å². The zero-order valence-electron chi connectivity index (χ0n) is 17.1. The first-order chi connectivity index (χ1) is 15.4. The van der Waals surface area contributed by atoms with E-state index in [1.54, 1.807) is 23.1 Å². The Labute approximate surface area is 182 Å². The third-order valence-electron chi connectivity index (χ3n) is 6.05. The van der Waals surface area contributed by atoms with Crippen molar-refractivity contribution in [2.24, 2.45) is 0 Å². The number of hydrogen-bond donors (Lipinski definition) is 1. The van der Waals surface area contributed by atoms with Crippen LogP contribution >= 0.6 is 0 Å². The van der Waals surface area contributed by atoms with Crippen molar-refractivity contribution >= 4 is 16.9 Å². The molecule has 1 fully saturated rings. The highest BCUT2D eigenvalue weighted by Crippen LogP contribution is 2.38. The van der Waals surface area contributed by atoms with Gasteiger partial charge in [0.15, 0.2) is 0 Å². The third-order valence-corrected chi connectivity index (χ3v) is 6.05. The molecule has 8 heteroatoms. The molecule has 164 valence electrons. The fraction of sp³-hybridized carbons (Fsp3) is 0.250. The number of carbonyl (C=O) groups is 1. The van der Waals surface area contributed by atoms with Gasteiger partial charge in [-0.15, -0.1) is 0 Å². The first kappa shape index (κ1) is 20.4. The van der Waals surface area contributed by atoms with E-state index in [4.69, 9.17) is 0 Å². The van der Waals surface area contributed by atoms with Crippen molar-refractivity contribution in [1.29, 1.82) is 0 Å². The topological polar surface area (TPSA) is 53.9 Å². The van der Waals surface area contributed by atoms with Crippen LogP contribution in [-0.2, 0) is 6.18 Å². The van der Waals surface area contributed by atoms with Crippen molar-refractivity contribution in [3.8, 4) is 5.82 Å². The van der Waals surface area contributed by atoms with Crippen molar-refractivity contribution in [2.45, 2.75) is 24.9 Å². The van der Waals surface area contributed by atoms with Gasteiger partial charge < -0.3 is 14.5 Å². The minimum absolute atomic E-state index is 0.159. The van der Waals surface area contributed by atoms with Gasteiger partial charge in [-0.3, -0.25) is 4.79 Å². The molecule has 1 aliphatic heterocycles. The fourth-order valence-corrected chi connectivity index (χ4v) is 4.42. The summed E-state index contributed by atoms with van der Waals surface area (Å²) in [4.78, 5) is 22.5. The Morgan fingerprint density at radius 3 is 2.44 bits per heavy atom. The fourth-order valence-electron chi connectivity index (χ4n) is 4.42. The Morgan fingerprint density at radius 1 is 1.00 bits per heavy atom. The Kier molecular flexibility index (Phi) is 5.00. The highest BCUT2D eigenvalue weighted by molar-refractivity contribution is 5.97. The summed E-state index contributed by atoms with van der Waals surface area (Å²) in [6.45, 7) is 0.820. The van der Waals surface area contributed by atoms with Crippen molar-refractivity contribution in [2.75, 3.05) is 13.1 Å². The zero-order valence-corrected chi connectivity index (χ0v) is 17.1. The summed E-state index contributed by atoms with van der Waals surface area (Å²) < 4.78 is 42.0. The molecule has 5 rings (SSSR count). The first-order valence-electron chi connectivity index (χ1n) is 10.5. The number of likely N-dealkylation sites (tertiary alicyclic amines) is 1. The van der Waals surface area contributed by atoms with Crippen LogP contribution in [0.3, 0.4) is 0 Å². The molecule has 1 amide bonds. The number of halogens is 3. The Hall–Kier alpha value is -3.55. The number of piperidine rings is 1. The van der Waals surface area contributed by atoms with Crippen LogP contribution in [0.5, 0.6) is 0 Å². The SMILES string of the molecule is O=C(c1cc2nc(-n3cccc3)ccc2[nH]1)N1CCC(c2ccccc2C(F)(F)F)CC1. The molecule has 0 unspecified atom stereocenters. The van der Waals surface area contributed by atoms with Gasteiger partial charge in [0, 0.05) is 25.5 Å². The second kappa shape index (κ2) is 7.85. The van der Waals surface area contributed by atoms with Crippen LogP contribution in [0.15, 0.2) is 67.0 Å². The molecule has 0 aliphatic carbocycles. The standard InChI is InChI=1S/C24H21F3N4O/c25-24(26,27)18-6-2-1-5-17(18)16-9-13-31(14-10-16)23(32)21-15-20-19(28-21)7-8-22(29-20)30-11-3-4-12-30/h1-8,11-12,15-16,28H,9-10,13-14H2. The number of hydrogen-bond acceptors (Lipinski definition) is 2. The molecule has 1 aliphatic rings. The van der Waals surface area contributed by atoms with Gasteiger partial charge in [0.25, 0.3) is 5.91 Å². The summed E-state index contributed by atoms with van der Waals surface area (Å²) in [6, 6.07) is 15.0. The average molecular weight is 438 g/mol. The lowest BCUT2D eigenvalue weighted by molar-refractivity contribution is -0.138. The highest BCUT2D eigenvalue weighted by atomic mass is 19.4. The van der Waals surface area contributed by atoms with Gasteiger partial charge in [0.1, 0.15) is 11.5 Å². The first-order valence-corrected chi connectivity index (χ1v) is 10.5. The number of amides is 1. The predicted octanol–water partition coefficient (Wildman–Crippen LogP) is 5.39. The van der Waals surface area contributed by atoms with Gasteiger partial charge in [-0.25, -0.2) is 4.98 Å². The van der Waals surface area contributed by atoms with Crippen molar-refractivity contribution in [1.82, 2.24) is 19.4 Å². The van der Waals surface area contributed by atoms with Crippen LogP contribution in [0.2, 0.25) is 0 Å². The molecule has 0 spiro atoms. The highest BCUT2D eigenvalue weighted by Gasteiger charge is 2.36. The lowest BCUT2D eigenvalue weighted by Gasteiger charge is -2.33. The van der Waals surface area contributed by atoms with E-state index in [1.165, 1.54) is 6.07 Å². The molecule has 1 aromatic carbocycles. The van der Waals surface area contributed by atoms with Gasteiger partial charge in [0.05, 0.1) is 16.6 Å². The molecule has 1 saturated heterocycles. The maximum atomic E-state index is 13.4. The number of nitrogens with zero attached hydrogens (tertiary/aromatic N) is 3. The zero-order chi connectivity index (χ0) is 22.3. The number of nitrogens with one attached hydrogen (secondary N) is 1. The van der Waals surface area contributed by atoms with Gasteiger partial charge in [-0.05, 0) is 60.7 Å². The average Bonchev–Trinajstić information content (AvgIpc) is 3.48. The summed E-state index contributed by atoms with van der Waals surface area (Å²) in [6.07, 6.45) is 0.409. The largest absolute Gasteiger partial charge is 0.416 e. The molecule has 4 heterocycles. The summed E-state index contributed by atoms with van der Waals surface area (Å²) in [5, 5.41) is 0. The van der Waals surface area contributed by atoms with E-state index in [2.05, 4.69) is 9.97 Å². The molecule has 0 radical (unpaired) electrons. The van der Waals surface area contributed by atoms with E-state index in [-0.39, 0.29) is 11.8 Å². The summed E-state index contributed by atoms with van der Waals surface area (Å²) in [5.41, 5.74) is 1.63. The number of H-pyrrole nitrogens is 1. The quantitative estimate of drug-likeness (QED) is 0.466. The van der Waals surface area contributed by atoms with E-state index in [1.807, 2.05) is 41.2 Å². The van der Waals surface area contributed by atoms with Crippen LogP contribution in [0.1, 0.15) is 40.4 Å². The number of aromatic amines is 1. The van der Waals surface area contributed by atoms with E-state index in [0.717, 1.165) is 17.4 Å². The second-order valence-electron chi connectivity index (χ2n) is 8.03. The molecule has 1 N–H and O–H groups in total. The molecule has 0 atom stereocenters. The molecular formula is C24H21F3N4O. The number of fused-ring (bicyclic) bond motifs is 1. The lowest BCUT2D eigenvalue weighted by atomic mass is 9.86. The number of alkyl halides is 3. The Morgan fingerprint density at radius 2 is 1.72 bits per heavy atom. The van der Waals surface area contributed by atoms with Gasteiger partial charge in [-0.1, -0.05) is 18.2 Å². The Bertz CT molecular complexity index is 1250. The van der Waals surface area contributed by atoms with E-state index >= 15 is 0 Å². The monoisotopic (exact) mass is 438 g/mol. The number of aromatic nitrogens is 3. The molecule has 5 nitrogen and oxygen atoms in total. The summed E-state index contributed by atoms with van der Waals surface area (Å²) >= 11 is 0. The van der Waals surface area contributed by atoms with Crippen LogP contribution in [0.4, 0.5) is 13.2 Å². The summed E-state index contributed by atoms with van der Waals surface area (Å²) in [7, 11) is 0. The molecule has 3 aromatic heterocycles. The number of rotatable bonds is 3. The second-order valence-corrected chi connectivity index (χ2v) is 8.03. The van der Waals surface area contributed by atoms with Crippen molar-refractivity contribution in [3.05, 3.63) is 83.8 Å². The predicted molar refractivity (Wildman–Crippen MR) is 115 cm³/mol. The minimum Gasteiger partial charge on any atom is -0.349 e. The van der Waals surface area contributed by atoms with E-state index in [9.17, 15) is 18.0 Å². The van der Waals surface area contributed by atoms with Crippen molar-refractivity contribution < 1.29 is 18.0 Å². The maximum absolute atomic E-state index is 13.4. The molecule has 4 aromatic rings. The van der Waals surface area contributed by atoms with Crippen LogP contribution in [0, 0.1) is 0 Å². The van der Waals surface area contributed by atoms with Crippen LogP contribution in [-0.4, -0.2) is 38.4 Å². The summed E-state index contributed by atoms with van der Waals surface area (Å²) in [5.74, 6) is 0.378. The maximum Gasteiger partial charge on any atom is 0.416 e. The molecule has 0 bridgehead atoms.